The molecule has 118 valence electrons. The largest absolute Gasteiger partial charge is 0.326 e. The Morgan fingerprint density at radius 2 is 1.68 bits per heavy atom. The smallest absolute Gasteiger partial charge is 0.261 e. The summed E-state index contributed by atoms with van der Waals surface area (Å²) in [4.78, 5) is 37.7. The van der Waals surface area contributed by atoms with Gasteiger partial charge in [0.15, 0.2) is 0 Å². The molecule has 5 heteroatoms. The van der Waals surface area contributed by atoms with Crippen molar-refractivity contribution in [2.24, 2.45) is 11.8 Å². The molecule has 0 saturated heterocycles. The number of rotatable bonds is 5. The quantitative estimate of drug-likeness (QED) is 0.850. The predicted molar refractivity (Wildman–Crippen MR) is 84.7 cm³/mol. The molecule has 1 aromatic carbocycles. The Hall–Kier alpha value is -2.17. The van der Waals surface area contributed by atoms with Crippen LogP contribution < -0.4 is 5.32 Å². The van der Waals surface area contributed by atoms with Crippen LogP contribution in [0.25, 0.3) is 0 Å². The fraction of sp³-hybridized carbons (Fsp3) is 0.471. The van der Waals surface area contributed by atoms with E-state index in [9.17, 15) is 14.4 Å². The molecule has 0 spiro atoms. The van der Waals surface area contributed by atoms with Crippen LogP contribution in [-0.2, 0) is 4.79 Å². The van der Waals surface area contributed by atoms with Crippen molar-refractivity contribution in [1.29, 1.82) is 0 Å². The number of hydrogen-bond donors (Lipinski definition) is 1. The molecule has 0 atom stereocenters. The highest BCUT2D eigenvalue weighted by molar-refractivity contribution is 6.21. The van der Waals surface area contributed by atoms with E-state index in [-0.39, 0.29) is 29.6 Å². The van der Waals surface area contributed by atoms with Gasteiger partial charge in [-0.3, -0.25) is 19.3 Å². The van der Waals surface area contributed by atoms with Crippen LogP contribution in [0.5, 0.6) is 0 Å². The Morgan fingerprint density at radius 3 is 2.27 bits per heavy atom. The number of nitrogens with zero attached hydrogens (tertiary/aromatic N) is 1. The lowest BCUT2D eigenvalue weighted by molar-refractivity contribution is -0.116. The molecule has 1 aliphatic heterocycles. The highest BCUT2D eigenvalue weighted by atomic mass is 16.2. The molecule has 3 amide bonds. The summed E-state index contributed by atoms with van der Waals surface area (Å²) >= 11 is 0. The fourth-order valence-electron chi connectivity index (χ4n) is 2.48. The van der Waals surface area contributed by atoms with E-state index in [0.717, 1.165) is 0 Å². The number of carbonyl (C=O) groups is 3. The first-order valence-corrected chi connectivity index (χ1v) is 7.59. The molecule has 5 nitrogen and oxygen atoms in total. The highest BCUT2D eigenvalue weighted by Crippen LogP contribution is 2.26. The minimum absolute atomic E-state index is 0.0919. The van der Waals surface area contributed by atoms with E-state index in [1.54, 1.807) is 18.2 Å². The average molecular weight is 302 g/mol. The van der Waals surface area contributed by atoms with E-state index in [1.807, 2.05) is 27.7 Å². The summed E-state index contributed by atoms with van der Waals surface area (Å²) in [7, 11) is 0. The minimum Gasteiger partial charge on any atom is -0.326 e. The van der Waals surface area contributed by atoms with Crippen molar-refractivity contribution in [3.8, 4) is 0 Å². The lowest BCUT2D eigenvalue weighted by Crippen LogP contribution is -2.33. The van der Waals surface area contributed by atoms with Gasteiger partial charge in [-0.25, -0.2) is 0 Å². The second kappa shape index (κ2) is 6.30. The zero-order chi connectivity index (χ0) is 16.4. The molecule has 0 saturated carbocycles. The summed E-state index contributed by atoms with van der Waals surface area (Å²) < 4.78 is 0. The summed E-state index contributed by atoms with van der Waals surface area (Å²) in [5.74, 6) is -0.153. The molecule has 1 aliphatic rings. The Labute approximate surface area is 130 Å². The first-order chi connectivity index (χ1) is 10.3. The van der Waals surface area contributed by atoms with E-state index >= 15 is 0 Å². The number of carbonyl (C=O) groups excluding carboxylic acids is 3. The maximum atomic E-state index is 12.4. The third-order valence-corrected chi connectivity index (χ3v) is 3.40. The molecular weight excluding hydrogens is 280 g/mol. The first kappa shape index (κ1) is 16.2. The molecule has 0 aromatic heterocycles. The van der Waals surface area contributed by atoms with Gasteiger partial charge in [0.2, 0.25) is 5.91 Å². The molecule has 0 radical (unpaired) electrons. The molecule has 2 rings (SSSR count). The average Bonchev–Trinajstić information content (AvgIpc) is 2.62. The minimum atomic E-state index is -0.284. The maximum absolute atomic E-state index is 12.4. The van der Waals surface area contributed by atoms with Crippen molar-refractivity contribution in [3.63, 3.8) is 0 Å². The van der Waals surface area contributed by atoms with E-state index in [4.69, 9.17) is 0 Å². The van der Waals surface area contributed by atoms with Crippen molar-refractivity contribution >= 4 is 23.4 Å². The van der Waals surface area contributed by atoms with Gasteiger partial charge in [-0.05, 0) is 30.0 Å². The van der Waals surface area contributed by atoms with Gasteiger partial charge >= 0.3 is 0 Å². The van der Waals surface area contributed by atoms with Crippen LogP contribution in [0.2, 0.25) is 0 Å². The van der Waals surface area contributed by atoms with Crippen LogP contribution in [0.15, 0.2) is 18.2 Å². The molecule has 1 N–H and O–H groups in total. The molecule has 1 heterocycles. The zero-order valence-electron chi connectivity index (χ0n) is 13.5. The molecule has 1 aromatic rings. The normalized spacial score (nSPS) is 14.0. The summed E-state index contributed by atoms with van der Waals surface area (Å²) in [5, 5.41) is 2.77. The lowest BCUT2D eigenvalue weighted by Gasteiger charge is -2.15. The highest BCUT2D eigenvalue weighted by Gasteiger charge is 2.35. The monoisotopic (exact) mass is 302 g/mol. The molecular formula is C17H22N2O3. The van der Waals surface area contributed by atoms with Gasteiger partial charge in [0, 0.05) is 18.7 Å². The van der Waals surface area contributed by atoms with Crippen molar-refractivity contribution in [2.75, 3.05) is 11.9 Å². The van der Waals surface area contributed by atoms with Gasteiger partial charge in [0.1, 0.15) is 0 Å². The predicted octanol–water partition coefficient (Wildman–Crippen LogP) is 2.92. The zero-order valence-corrected chi connectivity index (χ0v) is 13.5. The van der Waals surface area contributed by atoms with Gasteiger partial charge in [0.05, 0.1) is 11.1 Å². The van der Waals surface area contributed by atoms with Crippen LogP contribution in [-0.4, -0.2) is 29.2 Å². The number of fused-ring (bicyclic) bond motifs is 1. The molecule has 0 unspecified atom stereocenters. The van der Waals surface area contributed by atoms with Crippen LogP contribution in [0.3, 0.4) is 0 Å². The van der Waals surface area contributed by atoms with Gasteiger partial charge in [-0.15, -0.1) is 0 Å². The summed E-state index contributed by atoms with van der Waals surface area (Å²) in [6.45, 7) is 8.26. The summed E-state index contributed by atoms with van der Waals surface area (Å²) in [6.07, 6.45) is 0.420. The van der Waals surface area contributed by atoms with Crippen molar-refractivity contribution in [3.05, 3.63) is 29.3 Å². The number of imide groups is 1. The summed E-state index contributed by atoms with van der Waals surface area (Å²) in [6, 6.07) is 4.87. The molecule has 0 bridgehead atoms. The van der Waals surface area contributed by atoms with Crippen LogP contribution in [0.4, 0.5) is 5.69 Å². The Morgan fingerprint density at radius 1 is 1.05 bits per heavy atom. The van der Waals surface area contributed by atoms with Gasteiger partial charge in [0.25, 0.3) is 11.8 Å². The third-order valence-electron chi connectivity index (χ3n) is 3.40. The van der Waals surface area contributed by atoms with Crippen LogP contribution in [0.1, 0.15) is 54.8 Å². The Balaban J connectivity index is 2.20. The van der Waals surface area contributed by atoms with E-state index in [1.165, 1.54) is 4.90 Å². The van der Waals surface area contributed by atoms with Crippen LogP contribution in [0, 0.1) is 11.8 Å². The molecule has 0 fully saturated rings. The number of amides is 3. The van der Waals surface area contributed by atoms with Gasteiger partial charge in [-0.1, -0.05) is 27.7 Å². The number of anilines is 1. The van der Waals surface area contributed by atoms with Crippen molar-refractivity contribution in [2.45, 2.75) is 34.1 Å². The lowest BCUT2D eigenvalue weighted by atomic mass is 10.1. The Bertz CT molecular complexity index is 620. The standard InChI is InChI=1S/C17H22N2O3/c1-10(2)7-15(20)18-12-5-6-13-14(8-12)17(22)19(16(13)21)9-11(3)4/h5-6,8,10-11H,7,9H2,1-4H3,(H,18,20). The second-order valence-electron chi connectivity index (χ2n) is 6.52. The first-order valence-electron chi connectivity index (χ1n) is 7.59. The van der Waals surface area contributed by atoms with Crippen molar-refractivity contribution < 1.29 is 14.4 Å². The van der Waals surface area contributed by atoms with Crippen molar-refractivity contribution in [1.82, 2.24) is 4.90 Å². The fourth-order valence-corrected chi connectivity index (χ4v) is 2.48. The third kappa shape index (κ3) is 3.35. The number of hydrogen-bond acceptors (Lipinski definition) is 3. The van der Waals surface area contributed by atoms with E-state index < -0.39 is 0 Å². The van der Waals surface area contributed by atoms with Gasteiger partial charge < -0.3 is 5.32 Å². The second-order valence-corrected chi connectivity index (χ2v) is 6.52. The number of benzene rings is 1. The number of nitrogens with one attached hydrogen (secondary N) is 1. The Kier molecular flexibility index (Phi) is 4.64. The van der Waals surface area contributed by atoms with Gasteiger partial charge in [-0.2, -0.15) is 0 Å². The maximum Gasteiger partial charge on any atom is 0.261 e. The summed E-state index contributed by atoms with van der Waals surface area (Å²) in [5.41, 5.74) is 1.33. The molecule has 22 heavy (non-hydrogen) atoms. The van der Waals surface area contributed by atoms with Crippen LogP contribution >= 0.6 is 0 Å². The topological polar surface area (TPSA) is 66.5 Å². The molecule has 0 aliphatic carbocycles. The SMILES string of the molecule is CC(C)CC(=O)Nc1ccc2c(c1)C(=O)N(CC(C)C)C2=O. The van der Waals surface area contributed by atoms with E-state index in [0.29, 0.717) is 29.8 Å². The van der Waals surface area contributed by atoms with E-state index in [2.05, 4.69) is 5.32 Å².